The maximum absolute atomic E-state index is 12.4. The molecular weight excluding hydrogens is 288 g/mol. The van der Waals surface area contributed by atoms with E-state index in [4.69, 9.17) is 4.74 Å². The topological polar surface area (TPSA) is 46.5 Å². The zero-order chi connectivity index (χ0) is 16.2. The van der Waals surface area contributed by atoms with Crippen LogP contribution < -0.4 is 0 Å². The van der Waals surface area contributed by atoms with Crippen LogP contribution in [0, 0.1) is 35.0 Å². The Labute approximate surface area is 140 Å². The highest BCUT2D eigenvalue weighted by atomic mass is 16.5. The minimum atomic E-state index is -0.588. The maximum Gasteiger partial charge on any atom is 0.139 e. The van der Waals surface area contributed by atoms with E-state index in [-0.39, 0.29) is 5.41 Å². The largest absolute Gasteiger partial charge is 0.387 e. The van der Waals surface area contributed by atoms with Gasteiger partial charge in [-0.05, 0) is 81.0 Å². The number of rotatable bonds is 2. The minimum absolute atomic E-state index is 0.000538. The molecular formula is C20H32O3. The smallest absolute Gasteiger partial charge is 0.139 e. The standard InChI is InChI=1S/C20H32O3/c1-19-9-7-15-14-8-10-20(22,12-23-2)11-13(14)3-4-16(15)17(19)5-6-18(19)21/h13-17,22H,3-12H2,1-2H3/t13?,14-,15+,16+,17-,19-,20+/m0/s1. The summed E-state index contributed by atoms with van der Waals surface area (Å²) in [6.45, 7) is 2.74. The Morgan fingerprint density at radius 1 is 1.09 bits per heavy atom. The van der Waals surface area contributed by atoms with Crippen molar-refractivity contribution in [1.82, 2.24) is 0 Å². The van der Waals surface area contributed by atoms with Gasteiger partial charge in [-0.25, -0.2) is 0 Å². The average molecular weight is 320 g/mol. The fraction of sp³-hybridized carbons (Fsp3) is 0.950. The lowest BCUT2D eigenvalue weighted by atomic mass is 9.50. The number of hydrogen-bond donors (Lipinski definition) is 1. The first-order chi connectivity index (χ1) is 11.0. The van der Waals surface area contributed by atoms with Gasteiger partial charge in [-0.1, -0.05) is 6.92 Å². The van der Waals surface area contributed by atoms with Crippen LogP contribution in [-0.4, -0.2) is 30.2 Å². The van der Waals surface area contributed by atoms with E-state index < -0.39 is 5.60 Å². The summed E-state index contributed by atoms with van der Waals surface area (Å²) in [5.41, 5.74) is -0.589. The number of Topliss-reactive ketones (excluding diaryl/α,β-unsaturated/α-hetero) is 1. The van der Waals surface area contributed by atoms with Gasteiger partial charge in [-0.15, -0.1) is 0 Å². The molecule has 0 spiro atoms. The molecule has 0 amide bonds. The summed E-state index contributed by atoms with van der Waals surface area (Å²) in [7, 11) is 1.69. The first-order valence-corrected chi connectivity index (χ1v) is 9.71. The fourth-order valence-electron chi connectivity index (χ4n) is 7.13. The molecule has 130 valence electrons. The van der Waals surface area contributed by atoms with E-state index in [0.717, 1.165) is 56.3 Å². The Bertz CT molecular complexity index is 489. The summed E-state index contributed by atoms with van der Waals surface area (Å²) in [6.07, 6.45) is 9.83. The zero-order valence-electron chi connectivity index (χ0n) is 14.7. The second-order valence-corrected chi connectivity index (χ2v) is 9.25. The average Bonchev–Trinajstić information content (AvgIpc) is 2.82. The summed E-state index contributed by atoms with van der Waals surface area (Å²) in [5.74, 6) is 4.23. The van der Waals surface area contributed by atoms with Crippen molar-refractivity contribution in [2.75, 3.05) is 13.7 Å². The summed E-state index contributed by atoms with van der Waals surface area (Å²) < 4.78 is 5.27. The molecule has 1 N–H and O–H groups in total. The molecule has 4 rings (SSSR count). The van der Waals surface area contributed by atoms with Crippen molar-refractivity contribution in [3.63, 3.8) is 0 Å². The Kier molecular flexibility index (Phi) is 3.88. The first kappa shape index (κ1) is 16.1. The quantitative estimate of drug-likeness (QED) is 0.846. The van der Waals surface area contributed by atoms with Crippen molar-refractivity contribution in [1.29, 1.82) is 0 Å². The summed E-state index contributed by atoms with van der Waals surface area (Å²) >= 11 is 0. The van der Waals surface area contributed by atoms with Crippen molar-refractivity contribution < 1.29 is 14.6 Å². The van der Waals surface area contributed by atoms with Gasteiger partial charge in [0.2, 0.25) is 0 Å². The third-order valence-electron chi connectivity index (χ3n) is 8.23. The molecule has 3 heteroatoms. The fourth-order valence-corrected chi connectivity index (χ4v) is 7.13. The molecule has 0 bridgehead atoms. The van der Waals surface area contributed by atoms with Crippen LogP contribution in [-0.2, 0) is 9.53 Å². The second-order valence-electron chi connectivity index (χ2n) is 9.25. The van der Waals surface area contributed by atoms with Crippen molar-refractivity contribution in [2.45, 2.75) is 70.3 Å². The van der Waals surface area contributed by atoms with Gasteiger partial charge in [-0.3, -0.25) is 4.79 Å². The Morgan fingerprint density at radius 2 is 1.87 bits per heavy atom. The number of aliphatic hydroxyl groups is 1. The molecule has 4 aliphatic rings. The first-order valence-electron chi connectivity index (χ1n) is 9.71. The molecule has 7 atom stereocenters. The van der Waals surface area contributed by atoms with Crippen LogP contribution in [0.3, 0.4) is 0 Å². The minimum Gasteiger partial charge on any atom is -0.387 e. The third kappa shape index (κ3) is 2.41. The monoisotopic (exact) mass is 320 g/mol. The van der Waals surface area contributed by atoms with Crippen LogP contribution >= 0.6 is 0 Å². The normalized spacial score (nSPS) is 52.7. The molecule has 0 aliphatic heterocycles. The number of hydrogen-bond acceptors (Lipinski definition) is 3. The molecule has 0 aromatic heterocycles. The summed E-state index contributed by atoms with van der Waals surface area (Å²) in [6, 6.07) is 0. The number of ether oxygens (including phenoxy) is 1. The molecule has 4 aliphatic carbocycles. The van der Waals surface area contributed by atoms with E-state index in [1.165, 1.54) is 19.3 Å². The molecule has 4 saturated carbocycles. The highest BCUT2D eigenvalue weighted by Crippen LogP contribution is 2.61. The molecule has 0 aromatic rings. The van der Waals surface area contributed by atoms with Crippen LogP contribution in [0.4, 0.5) is 0 Å². The van der Waals surface area contributed by atoms with Crippen molar-refractivity contribution in [3.8, 4) is 0 Å². The Balaban J connectivity index is 1.51. The van der Waals surface area contributed by atoms with Gasteiger partial charge >= 0.3 is 0 Å². The predicted octanol–water partition coefficient (Wildman–Crippen LogP) is 3.59. The summed E-state index contributed by atoms with van der Waals surface area (Å²) in [5, 5.41) is 10.8. The van der Waals surface area contributed by atoms with Gasteiger partial charge in [0, 0.05) is 18.9 Å². The van der Waals surface area contributed by atoms with E-state index in [2.05, 4.69) is 6.92 Å². The molecule has 1 unspecified atom stereocenters. The highest BCUT2D eigenvalue weighted by Gasteiger charge is 2.57. The Hall–Kier alpha value is -0.410. The molecule has 0 heterocycles. The lowest BCUT2D eigenvalue weighted by Crippen LogP contribution is -2.52. The van der Waals surface area contributed by atoms with E-state index in [1.54, 1.807) is 7.11 Å². The third-order valence-corrected chi connectivity index (χ3v) is 8.23. The van der Waals surface area contributed by atoms with Crippen LogP contribution in [0.5, 0.6) is 0 Å². The van der Waals surface area contributed by atoms with Crippen molar-refractivity contribution in [2.24, 2.45) is 35.0 Å². The lowest BCUT2D eigenvalue weighted by molar-refractivity contribution is -0.138. The SMILES string of the molecule is COC[C@@]1(O)CC[C@H]2C(CC[C@@H]3[C@@H]2CC[C@]2(C)C(=O)CC[C@@H]32)C1. The number of carbonyl (C=O) groups is 1. The van der Waals surface area contributed by atoms with Crippen molar-refractivity contribution in [3.05, 3.63) is 0 Å². The number of fused-ring (bicyclic) bond motifs is 5. The molecule has 0 radical (unpaired) electrons. The highest BCUT2D eigenvalue weighted by molar-refractivity contribution is 5.87. The molecule has 0 aromatic carbocycles. The van der Waals surface area contributed by atoms with E-state index in [0.29, 0.717) is 24.2 Å². The van der Waals surface area contributed by atoms with Gasteiger partial charge in [0.05, 0.1) is 12.2 Å². The van der Waals surface area contributed by atoms with Crippen molar-refractivity contribution >= 4 is 5.78 Å². The number of methoxy groups -OCH3 is 1. The van der Waals surface area contributed by atoms with Crippen LogP contribution in [0.25, 0.3) is 0 Å². The zero-order valence-corrected chi connectivity index (χ0v) is 14.7. The lowest BCUT2D eigenvalue weighted by Gasteiger charge is -2.55. The van der Waals surface area contributed by atoms with Gasteiger partial charge in [0.25, 0.3) is 0 Å². The summed E-state index contributed by atoms with van der Waals surface area (Å²) in [4.78, 5) is 12.4. The molecule has 23 heavy (non-hydrogen) atoms. The number of ketones is 1. The number of carbonyl (C=O) groups excluding carboxylic acids is 1. The predicted molar refractivity (Wildman–Crippen MR) is 88.9 cm³/mol. The van der Waals surface area contributed by atoms with Gasteiger partial charge in [-0.2, -0.15) is 0 Å². The van der Waals surface area contributed by atoms with Crippen LogP contribution in [0.15, 0.2) is 0 Å². The molecule has 3 nitrogen and oxygen atoms in total. The van der Waals surface area contributed by atoms with Gasteiger partial charge in [0.15, 0.2) is 0 Å². The van der Waals surface area contributed by atoms with E-state index in [1.807, 2.05) is 0 Å². The van der Waals surface area contributed by atoms with E-state index in [9.17, 15) is 9.90 Å². The molecule has 0 saturated heterocycles. The van der Waals surface area contributed by atoms with E-state index >= 15 is 0 Å². The second kappa shape index (κ2) is 5.56. The van der Waals surface area contributed by atoms with Gasteiger partial charge in [0.1, 0.15) is 5.78 Å². The Morgan fingerprint density at radius 3 is 2.65 bits per heavy atom. The molecule has 4 fully saturated rings. The van der Waals surface area contributed by atoms with Crippen LogP contribution in [0.2, 0.25) is 0 Å². The van der Waals surface area contributed by atoms with Gasteiger partial charge < -0.3 is 9.84 Å². The van der Waals surface area contributed by atoms with Crippen LogP contribution in [0.1, 0.15) is 64.7 Å². The maximum atomic E-state index is 12.4.